The third kappa shape index (κ3) is 2.21. The Balaban J connectivity index is 1.72. The number of anilines is 1. The average molecular weight is 347 g/mol. The van der Waals surface area contributed by atoms with Crippen LogP contribution in [0.1, 0.15) is 29.9 Å². The minimum absolute atomic E-state index is 0.240. The van der Waals surface area contributed by atoms with E-state index in [1.54, 1.807) is 0 Å². The molecule has 3 N–H and O–H groups in total. The summed E-state index contributed by atoms with van der Waals surface area (Å²) >= 11 is 0. The molecule has 0 bridgehead atoms. The van der Waals surface area contributed by atoms with Crippen LogP contribution >= 0.6 is 0 Å². The number of H-pyrrole nitrogens is 1. The Morgan fingerprint density at radius 2 is 2.04 bits per heavy atom. The summed E-state index contributed by atoms with van der Waals surface area (Å²) in [5, 5.41) is 32.2. The van der Waals surface area contributed by atoms with E-state index in [1.807, 2.05) is 24.4 Å². The number of nitrogens with one attached hydrogen (secondary N) is 3. The summed E-state index contributed by atoms with van der Waals surface area (Å²) in [5.41, 5.74) is 4.93. The number of hydrogen-bond donors (Lipinski definition) is 3. The summed E-state index contributed by atoms with van der Waals surface area (Å²) in [6.45, 7) is 1.91. The monoisotopic (exact) mass is 347 g/mol. The maximum atomic E-state index is 10.1. The van der Waals surface area contributed by atoms with Crippen LogP contribution in [-0.2, 0) is 0 Å². The fraction of sp³-hybridized carbons (Fsp3) is 0.333. The van der Waals surface area contributed by atoms with Crippen LogP contribution in [0.2, 0.25) is 0 Å². The third-order valence-corrected chi connectivity index (χ3v) is 5.31. The number of nitrogens with zero attached hydrogens (tertiary/aromatic N) is 4. The normalized spacial score (nSPS) is 20.7. The van der Waals surface area contributed by atoms with E-state index in [-0.39, 0.29) is 5.92 Å². The SMILES string of the molecule is N#CC1=C(C2CCNCC2)Nc2n[nH]cc2C1c1cccc2nonc12. The van der Waals surface area contributed by atoms with Crippen molar-refractivity contribution in [3.05, 3.63) is 46.8 Å². The van der Waals surface area contributed by atoms with Crippen molar-refractivity contribution in [1.82, 2.24) is 25.8 Å². The Bertz CT molecular complexity index is 1040. The largest absolute Gasteiger partial charge is 0.341 e. The Labute approximate surface area is 149 Å². The molecule has 1 unspecified atom stereocenters. The van der Waals surface area contributed by atoms with Gasteiger partial charge in [-0.25, -0.2) is 4.63 Å². The summed E-state index contributed by atoms with van der Waals surface area (Å²) in [5.74, 6) is 0.847. The molecule has 2 aliphatic heterocycles. The second-order valence-corrected chi connectivity index (χ2v) is 6.69. The highest BCUT2D eigenvalue weighted by atomic mass is 16.6. The second kappa shape index (κ2) is 5.97. The van der Waals surface area contributed by atoms with Crippen LogP contribution in [0.4, 0.5) is 5.82 Å². The lowest BCUT2D eigenvalue weighted by Crippen LogP contribution is -2.32. The van der Waals surface area contributed by atoms with Gasteiger partial charge < -0.3 is 10.6 Å². The van der Waals surface area contributed by atoms with Crippen molar-refractivity contribution >= 4 is 16.9 Å². The second-order valence-electron chi connectivity index (χ2n) is 6.69. The van der Waals surface area contributed by atoms with Crippen LogP contribution in [-0.4, -0.2) is 33.6 Å². The molecule has 1 aromatic carbocycles. The number of allylic oxidation sites excluding steroid dienone is 2. The minimum atomic E-state index is -0.240. The van der Waals surface area contributed by atoms with Gasteiger partial charge in [0.2, 0.25) is 0 Å². The van der Waals surface area contributed by atoms with E-state index >= 15 is 0 Å². The topological polar surface area (TPSA) is 115 Å². The van der Waals surface area contributed by atoms with Crippen molar-refractivity contribution in [3.63, 3.8) is 0 Å². The summed E-state index contributed by atoms with van der Waals surface area (Å²) < 4.78 is 4.93. The molecule has 2 aliphatic rings. The zero-order valence-corrected chi connectivity index (χ0v) is 14.0. The number of aromatic amines is 1. The lowest BCUT2D eigenvalue weighted by molar-refractivity contribution is 0.315. The minimum Gasteiger partial charge on any atom is -0.341 e. The van der Waals surface area contributed by atoms with Crippen LogP contribution < -0.4 is 10.6 Å². The molecule has 0 spiro atoms. The van der Waals surface area contributed by atoms with E-state index in [2.05, 4.69) is 37.2 Å². The lowest BCUT2D eigenvalue weighted by atomic mass is 9.79. The quantitative estimate of drug-likeness (QED) is 0.651. The van der Waals surface area contributed by atoms with Crippen molar-refractivity contribution in [3.8, 4) is 6.07 Å². The maximum absolute atomic E-state index is 10.1. The summed E-state index contributed by atoms with van der Waals surface area (Å²) in [4.78, 5) is 0. The predicted molar refractivity (Wildman–Crippen MR) is 94.1 cm³/mol. The van der Waals surface area contributed by atoms with Gasteiger partial charge in [-0.2, -0.15) is 10.4 Å². The molecular weight excluding hydrogens is 330 g/mol. The molecule has 8 nitrogen and oxygen atoms in total. The summed E-state index contributed by atoms with van der Waals surface area (Å²) in [6.07, 6.45) is 3.83. The van der Waals surface area contributed by atoms with Gasteiger partial charge >= 0.3 is 0 Å². The molecule has 0 aliphatic carbocycles. The van der Waals surface area contributed by atoms with E-state index in [4.69, 9.17) is 4.63 Å². The number of rotatable bonds is 2. The standard InChI is InChI=1S/C18H17N7O/c19-8-12-15(11-2-1-3-14-17(11)25-26-24-14)13-9-21-23-18(13)22-16(12)10-4-6-20-7-5-10/h1-3,9-10,15,20H,4-7H2,(H2,21,22,23). The number of benzene rings is 1. The molecule has 26 heavy (non-hydrogen) atoms. The van der Waals surface area contributed by atoms with E-state index < -0.39 is 0 Å². The van der Waals surface area contributed by atoms with Gasteiger partial charge in [-0.1, -0.05) is 12.1 Å². The molecule has 0 amide bonds. The van der Waals surface area contributed by atoms with Crippen LogP contribution in [0, 0.1) is 17.2 Å². The Kier molecular flexibility index (Phi) is 3.47. The summed E-state index contributed by atoms with van der Waals surface area (Å²) in [7, 11) is 0. The van der Waals surface area contributed by atoms with Crippen molar-refractivity contribution in [1.29, 1.82) is 5.26 Å². The molecule has 0 saturated carbocycles. The van der Waals surface area contributed by atoms with Gasteiger partial charge in [-0.3, -0.25) is 5.10 Å². The molecule has 2 aromatic heterocycles. The van der Waals surface area contributed by atoms with Gasteiger partial charge in [-0.05, 0) is 47.9 Å². The van der Waals surface area contributed by atoms with Crippen LogP contribution in [0.5, 0.6) is 0 Å². The van der Waals surface area contributed by atoms with Crippen molar-refractivity contribution < 1.29 is 4.63 Å². The zero-order valence-electron chi connectivity index (χ0n) is 14.0. The number of hydrogen-bond acceptors (Lipinski definition) is 7. The molecule has 4 heterocycles. The Hall–Kier alpha value is -3.18. The van der Waals surface area contributed by atoms with Crippen LogP contribution in [0.3, 0.4) is 0 Å². The number of aromatic nitrogens is 4. The number of piperidine rings is 1. The molecule has 3 aromatic rings. The Morgan fingerprint density at radius 1 is 1.15 bits per heavy atom. The number of fused-ring (bicyclic) bond motifs is 2. The number of nitriles is 1. The molecule has 130 valence electrons. The first kappa shape index (κ1) is 15.1. The van der Waals surface area contributed by atoms with Gasteiger partial charge in [0.1, 0.15) is 11.0 Å². The smallest absolute Gasteiger partial charge is 0.156 e. The molecule has 1 saturated heterocycles. The van der Waals surface area contributed by atoms with Gasteiger partial charge in [-0.15, -0.1) is 0 Å². The zero-order chi connectivity index (χ0) is 17.5. The van der Waals surface area contributed by atoms with Crippen LogP contribution in [0.25, 0.3) is 11.0 Å². The highest BCUT2D eigenvalue weighted by Crippen LogP contribution is 2.44. The van der Waals surface area contributed by atoms with Gasteiger partial charge in [0, 0.05) is 23.4 Å². The summed E-state index contributed by atoms with van der Waals surface area (Å²) in [6, 6.07) is 8.22. The van der Waals surface area contributed by atoms with Crippen molar-refractivity contribution in [2.24, 2.45) is 5.92 Å². The van der Waals surface area contributed by atoms with E-state index in [0.717, 1.165) is 54.1 Å². The molecule has 0 radical (unpaired) electrons. The Morgan fingerprint density at radius 3 is 2.88 bits per heavy atom. The van der Waals surface area contributed by atoms with E-state index in [0.29, 0.717) is 17.0 Å². The van der Waals surface area contributed by atoms with Crippen LogP contribution in [0.15, 0.2) is 40.3 Å². The maximum Gasteiger partial charge on any atom is 0.156 e. The fourth-order valence-corrected chi connectivity index (χ4v) is 4.07. The predicted octanol–water partition coefficient (Wildman–Crippen LogP) is 2.28. The molecule has 5 rings (SSSR count). The van der Waals surface area contributed by atoms with E-state index in [1.165, 1.54) is 0 Å². The first-order chi connectivity index (χ1) is 12.9. The molecule has 1 atom stereocenters. The van der Waals surface area contributed by atoms with Gasteiger partial charge in [0.25, 0.3) is 0 Å². The van der Waals surface area contributed by atoms with Gasteiger partial charge in [0.05, 0.1) is 17.6 Å². The first-order valence-corrected chi connectivity index (χ1v) is 8.73. The van der Waals surface area contributed by atoms with Gasteiger partial charge in [0.15, 0.2) is 5.82 Å². The average Bonchev–Trinajstić information content (AvgIpc) is 3.36. The van der Waals surface area contributed by atoms with Crippen molar-refractivity contribution in [2.75, 3.05) is 18.4 Å². The third-order valence-electron chi connectivity index (χ3n) is 5.31. The molecule has 8 heteroatoms. The molecular formula is C18H17N7O. The lowest BCUT2D eigenvalue weighted by Gasteiger charge is -2.32. The fourth-order valence-electron chi connectivity index (χ4n) is 4.07. The highest BCUT2D eigenvalue weighted by molar-refractivity contribution is 5.80. The van der Waals surface area contributed by atoms with Crippen molar-refractivity contribution in [2.45, 2.75) is 18.8 Å². The first-order valence-electron chi connectivity index (χ1n) is 8.73. The molecule has 1 fully saturated rings. The van der Waals surface area contributed by atoms with E-state index in [9.17, 15) is 5.26 Å². The highest BCUT2D eigenvalue weighted by Gasteiger charge is 2.35.